The first-order valence-corrected chi connectivity index (χ1v) is 11.3. The number of carbonyl (C=O) groups excluding carboxylic acids is 1. The molecule has 1 N–H and O–H groups in total. The van der Waals surface area contributed by atoms with Gasteiger partial charge in [0.15, 0.2) is 0 Å². The van der Waals surface area contributed by atoms with Crippen LogP contribution in [-0.4, -0.2) is 57.6 Å². The fourth-order valence-electron chi connectivity index (χ4n) is 4.03. The summed E-state index contributed by atoms with van der Waals surface area (Å²) >= 11 is 0. The highest BCUT2D eigenvalue weighted by molar-refractivity contribution is 5.75. The number of nitrogens with one attached hydrogen (secondary N) is 1. The van der Waals surface area contributed by atoms with Gasteiger partial charge >= 0.3 is 0 Å². The van der Waals surface area contributed by atoms with Crippen LogP contribution < -0.4 is 15.1 Å². The van der Waals surface area contributed by atoms with Gasteiger partial charge in [-0.25, -0.2) is 4.39 Å². The van der Waals surface area contributed by atoms with E-state index in [-0.39, 0.29) is 17.8 Å². The van der Waals surface area contributed by atoms with Crippen LogP contribution in [0.5, 0.6) is 0 Å². The molecule has 0 radical (unpaired) electrons. The third kappa shape index (κ3) is 6.44. The van der Waals surface area contributed by atoms with Crippen LogP contribution in [0, 0.1) is 5.82 Å². The molecule has 0 aliphatic carbocycles. The van der Waals surface area contributed by atoms with Crippen molar-refractivity contribution in [1.82, 2.24) is 10.2 Å². The van der Waals surface area contributed by atoms with Crippen LogP contribution in [-0.2, 0) is 4.79 Å². The van der Waals surface area contributed by atoms with Crippen LogP contribution >= 0.6 is 0 Å². The number of halogens is 1. The third-order valence-electron chi connectivity index (χ3n) is 5.99. The maximum Gasteiger partial charge on any atom is 0.220 e. The summed E-state index contributed by atoms with van der Waals surface area (Å²) in [6.07, 6.45) is 2.53. The molecule has 1 amide bonds. The highest BCUT2D eigenvalue weighted by atomic mass is 19.1. The molecule has 6 heteroatoms. The van der Waals surface area contributed by atoms with E-state index in [9.17, 15) is 9.18 Å². The first-order valence-electron chi connectivity index (χ1n) is 11.3. The molecule has 2 aromatic rings. The van der Waals surface area contributed by atoms with Gasteiger partial charge in [-0.05, 0) is 48.4 Å². The maximum absolute atomic E-state index is 13.3. The highest BCUT2D eigenvalue weighted by Crippen LogP contribution is 2.26. The Morgan fingerprint density at radius 1 is 1.03 bits per heavy atom. The second kappa shape index (κ2) is 11.1. The molecule has 0 unspecified atom stereocenters. The van der Waals surface area contributed by atoms with E-state index in [1.54, 1.807) is 0 Å². The molecule has 31 heavy (non-hydrogen) atoms. The van der Waals surface area contributed by atoms with Crippen molar-refractivity contribution in [3.8, 4) is 0 Å². The van der Waals surface area contributed by atoms with Gasteiger partial charge in [-0.2, -0.15) is 0 Å². The van der Waals surface area contributed by atoms with E-state index >= 15 is 0 Å². The van der Waals surface area contributed by atoms with Gasteiger partial charge in [-0.3, -0.25) is 9.69 Å². The normalized spacial score (nSPS) is 15.5. The fourth-order valence-corrected chi connectivity index (χ4v) is 4.03. The average molecular weight is 427 g/mol. The molecule has 0 aromatic heterocycles. The van der Waals surface area contributed by atoms with Gasteiger partial charge in [0.05, 0.1) is 6.04 Å². The summed E-state index contributed by atoms with van der Waals surface area (Å²) in [5, 5.41) is 3.15. The van der Waals surface area contributed by atoms with Crippen LogP contribution in [0.25, 0.3) is 0 Å². The molecule has 1 heterocycles. The summed E-state index contributed by atoms with van der Waals surface area (Å²) in [6, 6.07) is 15.5. The van der Waals surface area contributed by atoms with Crippen LogP contribution in [0.3, 0.4) is 0 Å². The molecule has 1 saturated heterocycles. The minimum atomic E-state index is -0.206. The van der Waals surface area contributed by atoms with E-state index < -0.39 is 0 Å². The predicted octanol–water partition coefficient (Wildman–Crippen LogP) is 4.06. The Balaban J connectivity index is 1.68. The van der Waals surface area contributed by atoms with Gasteiger partial charge in [0.25, 0.3) is 0 Å². The van der Waals surface area contributed by atoms with Crippen molar-refractivity contribution < 1.29 is 9.18 Å². The van der Waals surface area contributed by atoms with Gasteiger partial charge < -0.3 is 15.1 Å². The molecule has 0 spiro atoms. The Morgan fingerprint density at radius 3 is 2.26 bits per heavy atom. The lowest BCUT2D eigenvalue weighted by Crippen LogP contribution is -2.50. The van der Waals surface area contributed by atoms with Crippen molar-refractivity contribution in [3.05, 3.63) is 59.9 Å². The molecular weight excluding hydrogens is 391 g/mol. The number of amides is 1. The van der Waals surface area contributed by atoms with Gasteiger partial charge in [0, 0.05) is 64.6 Å². The molecule has 1 fully saturated rings. The number of hydrogen-bond acceptors (Lipinski definition) is 4. The molecule has 1 aliphatic heterocycles. The maximum atomic E-state index is 13.3. The molecule has 2 aromatic carbocycles. The van der Waals surface area contributed by atoms with Gasteiger partial charge in [0.1, 0.15) is 5.82 Å². The minimum Gasteiger partial charge on any atom is -0.378 e. The van der Waals surface area contributed by atoms with E-state index in [4.69, 9.17) is 0 Å². The molecule has 3 rings (SSSR count). The Kier molecular flexibility index (Phi) is 8.29. The zero-order chi connectivity index (χ0) is 22.2. The second-order valence-corrected chi connectivity index (χ2v) is 8.41. The van der Waals surface area contributed by atoms with E-state index in [1.165, 1.54) is 17.7 Å². The van der Waals surface area contributed by atoms with E-state index in [1.807, 2.05) is 26.2 Å². The lowest BCUT2D eigenvalue weighted by molar-refractivity contribution is -0.121. The van der Waals surface area contributed by atoms with Crippen LogP contribution in [0.15, 0.2) is 48.5 Å². The van der Waals surface area contributed by atoms with Crippen molar-refractivity contribution in [1.29, 1.82) is 0 Å². The lowest BCUT2D eigenvalue weighted by atomic mass is 10.0. The van der Waals surface area contributed by atoms with E-state index in [0.717, 1.165) is 50.4 Å². The molecule has 1 aliphatic rings. The summed E-state index contributed by atoms with van der Waals surface area (Å²) in [6.45, 7) is 6.25. The Bertz CT molecular complexity index is 814. The molecule has 0 saturated carbocycles. The number of carbonyl (C=O) groups is 1. The molecule has 0 bridgehead atoms. The molecule has 168 valence electrons. The van der Waals surface area contributed by atoms with Gasteiger partial charge in [-0.1, -0.05) is 25.5 Å². The number of nitrogens with zero attached hydrogens (tertiary/aromatic N) is 3. The Hall–Kier alpha value is -2.60. The molecular formula is C25H35FN4O. The predicted molar refractivity (Wildman–Crippen MR) is 126 cm³/mol. The van der Waals surface area contributed by atoms with Crippen molar-refractivity contribution >= 4 is 17.3 Å². The molecule has 5 nitrogen and oxygen atoms in total. The number of unbranched alkanes of at least 4 members (excludes halogenated alkanes) is 1. The Morgan fingerprint density at radius 2 is 1.68 bits per heavy atom. The quantitative estimate of drug-likeness (QED) is 0.656. The summed E-state index contributed by atoms with van der Waals surface area (Å²) in [5.41, 5.74) is 3.44. The van der Waals surface area contributed by atoms with Crippen molar-refractivity contribution in [3.63, 3.8) is 0 Å². The van der Waals surface area contributed by atoms with Crippen molar-refractivity contribution in [2.45, 2.75) is 32.2 Å². The number of anilines is 2. The summed E-state index contributed by atoms with van der Waals surface area (Å²) in [7, 11) is 4.07. The zero-order valence-corrected chi connectivity index (χ0v) is 19.0. The average Bonchev–Trinajstić information content (AvgIpc) is 2.79. The van der Waals surface area contributed by atoms with Gasteiger partial charge in [-0.15, -0.1) is 0 Å². The number of benzene rings is 2. The number of piperazine rings is 1. The van der Waals surface area contributed by atoms with Gasteiger partial charge in [0.2, 0.25) is 5.91 Å². The number of rotatable bonds is 9. The largest absolute Gasteiger partial charge is 0.378 e. The first-order chi connectivity index (χ1) is 15.0. The summed E-state index contributed by atoms with van der Waals surface area (Å²) < 4.78 is 13.3. The standard InChI is InChI=1S/C25H35FN4O/c1-4-5-6-25(31)27-19-24(20-7-11-22(12-8-20)28(2)3)30-17-15-29(16-18-30)23-13-9-21(26)10-14-23/h7-14,24H,4-6,15-19H2,1-3H3,(H,27,31)/t24-/m0/s1. The van der Waals surface area contributed by atoms with Crippen LogP contribution in [0.1, 0.15) is 37.8 Å². The lowest BCUT2D eigenvalue weighted by Gasteiger charge is -2.40. The van der Waals surface area contributed by atoms with Crippen molar-refractivity contribution in [2.24, 2.45) is 0 Å². The van der Waals surface area contributed by atoms with E-state index in [0.29, 0.717) is 13.0 Å². The summed E-state index contributed by atoms with van der Waals surface area (Å²) in [4.78, 5) is 19.1. The molecule has 1 atom stereocenters. The second-order valence-electron chi connectivity index (χ2n) is 8.41. The van der Waals surface area contributed by atoms with Crippen molar-refractivity contribution in [2.75, 3.05) is 56.6 Å². The third-order valence-corrected chi connectivity index (χ3v) is 5.99. The fraction of sp³-hybridized carbons (Fsp3) is 0.480. The zero-order valence-electron chi connectivity index (χ0n) is 19.0. The first kappa shape index (κ1) is 23.1. The Labute approximate surface area is 185 Å². The topological polar surface area (TPSA) is 38.8 Å². The monoisotopic (exact) mass is 426 g/mol. The minimum absolute atomic E-state index is 0.127. The van der Waals surface area contributed by atoms with E-state index in [2.05, 4.69) is 51.2 Å². The highest BCUT2D eigenvalue weighted by Gasteiger charge is 2.26. The van der Waals surface area contributed by atoms with Crippen LogP contribution in [0.4, 0.5) is 15.8 Å². The summed E-state index contributed by atoms with van der Waals surface area (Å²) in [5.74, 6) is -0.0795. The SMILES string of the molecule is CCCCC(=O)NC[C@@H](c1ccc(N(C)C)cc1)N1CCN(c2ccc(F)cc2)CC1. The smallest absolute Gasteiger partial charge is 0.220 e. The van der Waals surface area contributed by atoms with Crippen LogP contribution in [0.2, 0.25) is 0 Å². The number of hydrogen-bond donors (Lipinski definition) is 1.